The molecule has 0 atom stereocenters. The van der Waals surface area contributed by atoms with Crippen molar-refractivity contribution in [3.63, 3.8) is 0 Å². The van der Waals surface area contributed by atoms with Gasteiger partial charge in [0.05, 0.1) is 11.4 Å². The van der Waals surface area contributed by atoms with E-state index in [0.29, 0.717) is 5.92 Å². The van der Waals surface area contributed by atoms with E-state index in [1.165, 1.54) is 58.3 Å². The van der Waals surface area contributed by atoms with E-state index < -0.39 is 0 Å². The maximum absolute atomic E-state index is 6.43. The van der Waals surface area contributed by atoms with Crippen molar-refractivity contribution in [2.75, 3.05) is 17.2 Å². The molecule has 0 aromatic heterocycles. The number of para-hydroxylation sites is 2. The van der Waals surface area contributed by atoms with Crippen LogP contribution >= 0.6 is 0 Å². The first kappa shape index (κ1) is 18.1. The molecule has 0 aliphatic heterocycles. The van der Waals surface area contributed by atoms with Crippen LogP contribution in [0.4, 0.5) is 17.1 Å². The molecule has 0 spiro atoms. The Morgan fingerprint density at radius 1 is 1.10 bits per heavy atom. The molecule has 0 unspecified atom stereocenters. The summed E-state index contributed by atoms with van der Waals surface area (Å²) in [5, 5.41) is 0. The lowest BCUT2D eigenvalue weighted by molar-refractivity contribution is 0.420. The van der Waals surface area contributed by atoms with E-state index in [9.17, 15) is 0 Å². The third kappa shape index (κ3) is 2.78. The molecule has 2 nitrogen and oxygen atoms in total. The van der Waals surface area contributed by atoms with Crippen LogP contribution in [0.5, 0.6) is 0 Å². The second-order valence-corrected chi connectivity index (χ2v) is 8.23. The van der Waals surface area contributed by atoms with Gasteiger partial charge < -0.3 is 10.6 Å². The largest absolute Gasteiger partial charge is 0.397 e. The maximum atomic E-state index is 6.43. The minimum atomic E-state index is 0.636. The minimum absolute atomic E-state index is 0.636. The SMILES string of the molecule is C=Cc1cc(C2CCC2)c(N(CC)c2ccccc2N)c2c1-c1ccccc1C2. The van der Waals surface area contributed by atoms with Crippen molar-refractivity contribution in [2.45, 2.75) is 38.5 Å². The molecule has 2 aliphatic carbocycles. The molecule has 29 heavy (non-hydrogen) atoms. The van der Waals surface area contributed by atoms with Gasteiger partial charge in [0, 0.05) is 18.7 Å². The third-order valence-corrected chi connectivity index (χ3v) is 6.69. The molecule has 3 aromatic rings. The summed E-state index contributed by atoms with van der Waals surface area (Å²) in [4.78, 5) is 2.45. The van der Waals surface area contributed by atoms with Crippen molar-refractivity contribution in [3.8, 4) is 11.1 Å². The normalized spacial score (nSPS) is 14.8. The van der Waals surface area contributed by atoms with Crippen LogP contribution in [0, 0.1) is 0 Å². The molecular formula is C27H28N2. The average molecular weight is 381 g/mol. The zero-order valence-corrected chi connectivity index (χ0v) is 17.1. The van der Waals surface area contributed by atoms with Gasteiger partial charge in [-0.05, 0) is 77.3 Å². The molecule has 0 heterocycles. The lowest BCUT2D eigenvalue weighted by Gasteiger charge is -2.35. The van der Waals surface area contributed by atoms with Crippen molar-refractivity contribution in [3.05, 3.63) is 83.4 Å². The summed E-state index contributed by atoms with van der Waals surface area (Å²) < 4.78 is 0. The molecule has 2 heteroatoms. The Kier molecular flexibility index (Phi) is 4.43. The van der Waals surface area contributed by atoms with Crippen LogP contribution in [0.3, 0.4) is 0 Å². The Labute approximate surface area is 173 Å². The van der Waals surface area contributed by atoms with Gasteiger partial charge in [-0.3, -0.25) is 0 Å². The molecule has 2 N–H and O–H groups in total. The van der Waals surface area contributed by atoms with Gasteiger partial charge in [0.2, 0.25) is 0 Å². The van der Waals surface area contributed by atoms with Crippen molar-refractivity contribution in [1.82, 2.24) is 0 Å². The number of hydrogen-bond acceptors (Lipinski definition) is 2. The summed E-state index contributed by atoms with van der Waals surface area (Å²) in [5.41, 5.74) is 18.1. The molecule has 5 rings (SSSR count). The van der Waals surface area contributed by atoms with E-state index in [1.807, 2.05) is 18.2 Å². The highest BCUT2D eigenvalue weighted by Gasteiger charge is 2.32. The Bertz CT molecular complexity index is 1090. The van der Waals surface area contributed by atoms with E-state index in [-0.39, 0.29) is 0 Å². The second kappa shape index (κ2) is 7.11. The van der Waals surface area contributed by atoms with Crippen molar-refractivity contribution in [2.24, 2.45) is 0 Å². The Morgan fingerprint density at radius 2 is 1.86 bits per heavy atom. The Morgan fingerprint density at radius 3 is 2.55 bits per heavy atom. The maximum Gasteiger partial charge on any atom is 0.0644 e. The summed E-state index contributed by atoms with van der Waals surface area (Å²) >= 11 is 0. The summed E-state index contributed by atoms with van der Waals surface area (Å²) in [6.07, 6.45) is 6.89. The molecule has 0 bridgehead atoms. The van der Waals surface area contributed by atoms with Crippen LogP contribution < -0.4 is 10.6 Å². The van der Waals surface area contributed by atoms with Gasteiger partial charge in [-0.25, -0.2) is 0 Å². The highest BCUT2D eigenvalue weighted by atomic mass is 15.1. The van der Waals surface area contributed by atoms with Gasteiger partial charge in [-0.1, -0.05) is 55.5 Å². The zero-order chi connectivity index (χ0) is 20.0. The van der Waals surface area contributed by atoms with Gasteiger partial charge in [-0.15, -0.1) is 0 Å². The summed E-state index contributed by atoms with van der Waals surface area (Å²) in [5.74, 6) is 0.636. The Balaban J connectivity index is 1.80. The predicted molar refractivity (Wildman–Crippen MR) is 125 cm³/mol. The first-order chi connectivity index (χ1) is 14.2. The summed E-state index contributed by atoms with van der Waals surface area (Å²) in [6, 6.07) is 19.5. The fraction of sp³-hybridized carbons (Fsp3) is 0.259. The van der Waals surface area contributed by atoms with Crippen molar-refractivity contribution >= 4 is 23.1 Å². The summed E-state index contributed by atoms with van der Waals surface area (Å²) in [6.45, 7) is 7.28. The summed E-state index contributed by atoms with van der Waals surface area (Å²) in [7, 11) is 0. The van der Waals surface area contributed by atoms with Crippen LogP contribution in [0.1, 0.15) is 54.4 Å². The van der Waals surface area contributed by atoms with E-state index in [4.69, 9.17) is 5.73 Å². The van der Waals surface area contributed by atoms with Crippen molar-refractivity contribution < 1.29 is 0 Å². The monoisotopic (exact) mass is 380 g/mol. The van der Waals surface area contributed by atoms with E-state index in [0.717, 1.165) is 24.3 Å². The van der Waals surface area contributed by atoms with Crippen molar-refractivity contribution in [1.29, 1.82) is 0 Å². The fourth-order valence-corrected chi connectivity index (χ4v) is 5.07. The quantitative estimate of drug-likeness (QED) is 0.381. The van der Waals surface area contributed by atoms with E-state index in [1.54, 1.807) is 0 Å². The number of nitrogens with zero attached hydrogens (tertiary/aromatic N) is 1. The minimum Gasteiger partial charge on any atom is -0.397 e. The lowest BCUT2D eigenvalue weighted by Crippen LogP contribution is -2.23. The third-order valence-electron chi connectivity index (χ3n) is 6.69. The number of rotatable bonds is 5. The van der Waals surface area contributed by atoms with Gasteiger partial charge >= 0.3 is 0 Å². The first-order valence-corrected chi connectivity index (χ1v) is 10.8. The van der Waals surface area contributed by atoms with E-state index in [2.05, 4.69) is 60.9 Å². The number of fused-ring (bicyclic) bond motifs is 3. The number of benzene rings is 3. The number of nitrogen functional groups attached to an aromatic ring is 1. The number of anilines is 3. The highest BCUT2D eigenvalue weighted by Crippen LogP contribution is 2.52. The van der Waals surface area contributed by atoms with Crippen LogP contribution in [0.2, 0.25) is 0 Å². The van der Waals surface area contributed by atoms with Gasteiger partial charge in [0.25, 0.3) is 0 Å². The standard InChI is InChI=1S/C27H28N2/c1-3-18-16-22(19-11-9-12-19)27(29(4-2)25-15-8-7-14-24(25)28)23-17-20-10-5-6-13-21(20)26(18)23/h3,5-8,10,13-16,19H,1,4,9,11-12,17,28H2,2H3. The predicted octanol–water partition coefficient (Wildman–Crippen LogP) is 6.91. The molecular weight excluding hydrogens is 352 g/mol. The van der Waals surface area contributed by atoms with Crippen LogP contribution in [0.15, 0.2) is 61.2 Å². The molecule has 1 saturated carbocycles. The van der Waals surface area contributed by atoms with E-state index >= 15 is 0 Å². The number of hydrogen-bond donors (Lipinski definition) is 1. The molecule has 146 valence electrons. The van der Waals surface area contributed by atoms with Gasteiger partial charge in [0.1, 0.15) is 0 Å². The van der Waals surface area contributed by atoms with Crippen LogP contribution in [-0.2, 0) is 6.42 Å². The smallest absolute Gasteiger partial charge is 0.0644 e. The molecule has 0 amide bonds. The Hall–Kier alpha value is -3.00. The first-order valence-electron chi connectivity index (χ1n) is 10.8. The highest BCUT2D eigenvalue weighted by molar-refractivity contribution is 5.92. The van der Waals surface area contributed by atoms with Gasteiger partial charge in [0.15, 0.2) is 0 Å². The molecule has 0 radical (unpaired) electrons. The zero-order valence-electron chi connectivity index (χ0n) is 17.1. The average Bonchev–Trinajstić information content (AvgIpc) is 3.09. The topological polar surface area (TPSA) is 29.3 Å². The second-order valence-electron chi connectivity index (χ2n) is 8.23. The van der Waals surface area contributed by atoms with Crippen LogP contribution in [-0.4, -0.2) is 6.54 Å². The van der Waals surface area contributed by atoms with Gasteiger partial charge in [-0.2, -0.15) is 0 Å². The van der Waals surface area contributed by atoms with Crippen LogP contribution in [0.25, 0.3) is 17.2 Å². The molecule has 1 fully saturated rings. The lowest BCUT2D eigenvalue weighted by atomic mass is 9.77. The number of nitrogens with two attached hydrogens (primary N) is 1. The fourth-order valence-electron chi connectivity index (χ4n) is 5.07. The molecule has 3 aromatic carbocycles. The molecule has 2 aliphatic rings. The molecule has 0 saturated heterocycles.